The minimum Gasteiger partial charge on any atom is -0.497 e. The molecule has 2 amide bonds. The molecule has 0 aromatic heterocycles. The number of carbonyl (C=O) groups excluding carboxylic acids is 1. The Hall–Kier alpha value is -3.09. The normalized spacial score (nSPS) is 13.9. The van der Waals surface area contributed by atoms with Gasteiger partial charge in [-0.25, -0.2) is 4.79 Å². The van der Waals surface area contributed by atoms with Gasteiger partial charge >= 0.3 is 6.03 Å². The average molecular weight is 371 g/mol. The number of urea groups is 1. The fraction of sp³-hybridized carbons (Fsp3) is 0.350. The van der Waals surface area contributed by atoms with E-state index in [9.17, 15) is 4.79 Å². The molecule has 1 fully saturated rings. The maximum absolute atomic E-state index is 12.5. The first-order valence-electron chi connectivity index (χ1n) is 8.81. The number of piperazine rings is 1. The number of ether oxygens (including phenoxy) is 3. The van der Waals surface area contributed by atoms with E-state index in [0.717, 1.165) is 36.0 Å². The summed E-state index contributed by atoms with van der Waals surface area (Å²) in [6.07, 6.45) is 0. The molecule has 7 heteroatoms. The van der Waals surface area contributed by atoms with Gasteiger partial charge in [0.05, 0.1) is 27.0 Å². The van der Waals surface area contributed by atoms with Gasteiger partial charge in [0.2, 0.25) is 0 Å². The van der Waals surface area contributed by atoms with Gasteiger partial charge < -0.3 is 29.3 Å². The zero-order valence-electron chi connectivity index (χ0n) is 15.9. The highest BCUT2D eigenvalue weighted by atomic mass is 16.5. The van der Waals surface area contributed by atoms with Crippen LogP contribution in [0, 0.1) is 0 Å². The van der Waals surface area contributed by atoms with Gasteiger partial charge in [-0.3, -0.25) is 0 Å². The number of nitrogens with one attached hydrogen (secondary N) is 1. The molecule has 1 aliphatic rings. The van der Waals surface area contributed by atoms with Crippen molar-refractivity contribution >= 4 is 17.4 Å². The summed E-state index contributed by atoms with van der Waals surface area (Å²) < 4.78 is 15.9. The van der Waals surface area contributed by atoms with Crippen LogP contribution in [0.5, 0.6) is 17.2 Å². The van der Waals surface area contributed by atoms with Gasteiger partial charge in [0, 0.05) is 44.0 Å². The highest BCUT2D eigenvalue weighted by molar-refractivity contribution is 5.89. The Bertz CT molecular complexity index is 789. The summed E-state index contributed by atoms with van der Waals surface area (Å²) >= 11 is 0. The number of hydrogen-bond donors (Lipinski definition) is 1. The number of rotatable bonds is 5. The number of methoxy groups -OCH3 is 3. The van der Waals surface area contributed by atoms with Gasteiger partial charge in [0.25, 0.3) is 0 Å². The van der Waals surface area contributed by atoms with Crippen LogP contribution in [0.4, 0.5) is 16.2 Å². The van der Waals surface area contributed by atoms with Crippen LogP contribution in [-0.4, -0.2) is 58.4 Å². The van der Waals surface area contributed by atoms with E-state index in [1.54, 1.807) is 27.4 Å². The van der Waals surface area contributed by atoms with Gasteiger partial charge in [-0.15, -0.1) is 0 Å². The Morgan fingerprint density at radius 1 is 0.889 bits per heavy atom. The van der Waals surface area contributed by atoms with E-state index < -0.39 is 0 Å². The SMILES string of the molecule is COc1cccc(NC(=O)N2CCN(c3ccc(OC)cc3OC)CC2)c1. The molecule has 0 radical (unpaired) electrons. The van der Waals surface area contributed by atoms with Crippen molar-refractivity contribution in [1.82, 2.24) is 4.90 Å². The number of nitrogens with zero attached hydrogens (tertiary/aromatic N) is 2. The monoisotopic (exact) mass is 371 g/mol. The zero-order chi connectivity index (χ0) is 19.2. The van der Waals surface area contributed by atoms with Crippen molar-refractivity contribution < 1.29 is 19.0 Å². The second-order valence-corrected chi connectivity index (χ2v) is 6.17. The molecule has 0 saturated carbocycles. The lowest BCUT2D eigenvalue weighted by Gasteiger charge is -2.36. The van der Waals surface area contributed by atoms with Crippen LogP contribution in [-0.2, 0) is 0 Å². The molecule has 0 spiro atoms. The average Bonchev–Trinajstić information content (AvgIpc) is 2.73. The molecule has 2 aromatic rings. The molecular weight excluding hydrogens is 346 g/mol. The fourth-order valence-electron chi connectivity index (χ4n) is 3.10. The minimum absolute atomic E-state index is 0.107. The molecule has 1 aliphatic heterocycles. The smallest absolute Gasteiger partial charge is 0.321 e. The third-order valence-corrected chi connectivity index (χ3v) is 4.62. The Kier molecular flexibility index (Phi) is 5.90. The minimum atomic E-state index is -0.107. The number of hydrogen-bond acceptors (Lipinski definition) is 5. The van der Waals surface area contributed by atoms with Crippen LogP contribution in [0.2, 0.25) is 0 Å². The van der Waals surface area contributed by atoms with Gasteiger partial charge in [0.15, 0.2) is 0 Å². The second-order valence-electron chi connectivity index (χ2n) is 6.17. The summed E-state index contributed by atoms with van der Waals surface area (Å²) in [5.41, 5.74) is 1.73. The first-order chi connectivity index (χ1) is 13.1. The van der Waals surface area contributed by atoms with Crippen molar-refractivity contribution in [3.63, 3.8) is 0 Å². The molecule has 144 valence electrons. The highest BCUT2D eigenvalue weighted by Crippen LogP contribution is 2.32. The number of carbonyl (C=O) groups is 1. The van der Waals surface area contributed by atoms with Crippen LogP contribution in [0.25, 0.3) is 0 Å². The summed E-state index contributed by atoms with van der Waals surface area (Å²) in [5.74, 6) is 2.24. The van der Waals surface area contributed by atoms with Crippen molar-refractivity contribution in [1.29, 1.82) is 0 Å². The Balaban J connectivity index is 1.60. The molecule has 0 unspecified atom stereocenters. The summed E-state index contributed by atoms with van der Waals surface area (Å²) in [5, 5.41) is 2.93. The van der Waals surface area contributed by atoms with Crippen molar-refractivity contribution in [2.45, 2.75) is 0 Å². The fourth-order valence-corrected chi connectivity index (χ4v) is 3.10. The summed E-state index contributed by atoms with van der Waals surface area (Å²) in [6.45, 7) is 2.72. The van der Waals surface area contributed by atoms with E-state index in [4.69, 9.17) is 14.2 Å². The number of anilines is 2. The highest BCUT2D eigenvalue weighted by Gasteiger charge is 2.23. The van der Waals surface area contributed by atoms with Gasteiger partial charge in [-0.2, -0.15) is 0 Å². The third-order valence-electron chi connectivity index (χ3n) is 4.62. The van der Waals surface area contributed by atoms with Gasteiger partial charge in [-0.05, 0) is 24.3 Å². The summed E-state index contributed by atoms with van der Waals surface area (Å²) in [6, 6.07) is 13.0. The van der Waals surface area contributed by atoms with Crippen LogP contribution >= 0.6 is 0 Å². The maximum Gasteiger partial charge on any atom is 0.321 e. The van der Waals surface area contributed by atoms with Crippen molar-refractivity contribution in [3.05, 3.63) is 42.5 Å². The molecule has 0 aliphatic carbocycles. The third kappa shape index (κ3) is 4.36. The van der Waals surface area contributed by atoms with Crippen LogP contribution in [0.15, 0.2) is 42.5 Å². The number of benzene rings is 2. The molecule has 0 bridgehead atoms. The maximum atomic E-state index is 12.5. The lowest BCUT2D eigenvalue weighted by Crippen LogP contribution is -2.50. The largest absolute Gasteiger partial charge is 0.497 e. The van der Waals surface area contributed by atoms with Crippen LogP contribution < -0.4 is 24.4 Å². The lowest BCUT2D eigenvalue weighted by molar-refractivity contribution is 0.208. The van der Waals surface area contributed by atoms with E-state index >= 15 is 0 Å². The summed E-state index contributed by atoms with van der Waals surface area (Å²) in [4.78, 5) is 16.6. The Morgan fingerprint density at radius 2 is 1.59 bits per heavy atom. The zero-order valence-corrected chi connectivity index (χ0v) is 15.9. The molecule has 27 heavy (non-hydrogen) atoms. The number of amides is 2. The molecular formula is C20H25N3O4. The predicted octanol–water partition coefficient (Wildman–Crippen LogP) is 3.07. The molecule has 3 rings (SSSR count). The van der Waals surface area contributed by atoms with E-state index in [-0.39, 0.29) is 6.03 Å². The molecule has 7 nitrogen and oxygen atoms in total. The Labute approximate surface area is 159 Å². The topological polar surface area (TPSA) is 63.3 Å². The van der Waals surface area contributed by atoms with E-state index in [0.29, 0.717) is 18.8 Å². The lowest BCUT2D eigenvalue weighted by atomic mass is 10.2. The molecule has 1 N–H and O–H groups in total. The standard InChI is InChI=1S/C20H25N3O4/c1-25-16-6-4-5-15(13-16)21-20(24)23-11-9-22(10-12-23)18-8-7-17(26-2)14-19(18)27-3/h4-8,13-14H,9-12H2,1-3H3,(H,21,24). The Morgan fingerprint density at radius 3 is 2.26 bits per heavy atom. The first-order valence-corrected chi connectivity index (χ1v) is 8.81. The van der Waals surface area contributed by atoms with E-state index in [1.807, 2.05) is 41.3 Å². The second kappa shape index (κ2) is 8.53. The predicted molar refractivity (Wildman–Crippen MR) is 105 cm³/mol. The van der Waals surface area contributed by atoms with Gasteiger partial charge in [0.1, 0.15) is 17.2 Å². The quantitative estimate of drug-likeness (QED) is 0.875. The van der Waals surface area contributed by atoms with Gasteiger partial charge in [-0.1, -0.05) is 6.07 Å². The summed E-state index contributed by atoms with van der Waals surface area (Å²) in [7, 11) is 4.89. The van der Waals surface area contributed by atoms with E-state index in [1.165, 1.54) is 0 Å². The van der Waals surface area contributed by atoms with Crippen molar-refractivity contribution in [3.8, 4) is 17.2 Å². The molecule has 2 aromatic carbocycles. The molecule has 1 saturated heterocycles. The van der Waals surface area contributed by atoms with E-state index in [2.05, 4.69) is 10.2 Å². The molecule has 0 atom stereocenters. The van der Waals surface area contributed by atoms with Crippen molar-refractivity contribution in [2.75, 3.05) is 57.7 Å². The van der Waals surface area contributed by atoms with Crippen LogP contribution in [0.3, 0.4) is 0 Å². The first kappa shape index (κ1) is 18.7. The van der Waals surface area contributed by atoms with Crippen LogP contribution in [0.1, 0.15) is 0 Å². The van der Waals surface area contributed by atoms with Crippen molar-refractivity contribution in [2.24, 2.45) is 0 Å². The molecule has 1 heterocycles.